The number of carboxylic acid groups (broad SMARTS) is 1. The molecular weight excluding hydrogens is 277 g/mol. The second kappa shape index (κ2) is 3.76. The quantitative estimate of drug-likeness (QED) is 0.844. The Balaban J connectivity index is 2.37. The minimum atomic E-state index is -1.39. The molecule has 1 aliphatic rings. The van der Waals surface area contributed by atoms with Gasteiger partial charge in [-0.2, -0.15) is 0 Å². The monoisotopic (exact) mass is 282 g/mol. The molecule has 1 aromatic rings. The van der Waals surface area contributed by atoms with Crippen molar-refractivity contribution in [1.82, 2.24) is 0 Å². The van der Waals surface area contributed by atoms with Crippen LogP contribution in [0.1, 0.15) is 11.5 Å². The molecule has 16 heavy (non-hydrogen) atoms. The van der Waals surface area contributed by atoms with Gasteiger partial charge >= 0.3 is 5.97 Å². The molecule has 86 valence electrons. The molecule has 0 saturated heterocycles. The van der Waals surface area contributed by atoms with Crippen LogP contribution in [0.4, 0.5) is 4.39 Å². The summed E-state index contributed by atoms with van der Waals surface area (Å²) in [4.78, 5) is 10.8. The normalized spacial score (nSPS) is 26.5. The molecule has 2 atom stereocenters. The topological polar surface area (TPSA) is 37.3 Å². The highest BCUT2D eigenvalue weighted by Gasteiger charge is 2.68. The second-order valence-corrected chi connectivity index (χ2v) is 5.55. The van der Waals surface area contributed by atoms with E-state index in [1.165, 1.54) is 12.1 Å². The highest BCUT2D eigenvalue weighted by molar-refractivity contribution is 6.53. The number of carbonyl (C=O) groups is 1. The molecule has 1 fully saturated rings. The largest absolute Gasteiger partial charge is 0.481 e. The van der Waals surface area contributed by atoms with E-state index in [-0.39, 0.29) is 5.02 Å². The smallest absolute Gasteiger partial charge is 0.310 e. The van der Waals surface area contributed by atoms with E-state index < -0.39 is 28.0 Å². The summed E-state index contributed by atoms with van der Waals surface area (Å²) in [5.41, 5.74) is 0.405. The highest BCUT2D eigenvalue weighted by atomic mass is 35.5. The number of hydrogen-bond acceptors (Lipinski definition) is 1. The summed E-state index contributed by atoms with van der Waals surface area (Å²) in [6.45, 7) is 0. The molecule has 1 aromatic carbocycles. The molecule has 0 bridgehead atoms. The Kier molecular flexibility index (Phi) is 2.81. The number of halogens is 4. The lowest BCUT2D eigenvalue weighted by Crippen LogP contribution is -2.03. The first-order valence-electron chi connectivity index (χ1n) is 4.40. The molecule has 2 nitrogen and oxygen atoms in total. The summed E-state index contributed by atoms with van der Waals surface area (Å²) in [6.07, 6.45) is 0. The first-order valence-corrected chi connectivity index (χ1v) is 5.54. The lowest BCUT2D eigenvalue weighted by atomic mass is 10.1. The summed E-state index contributed by atoms with van der Waals surface area (Å²) in [5, 5.41) is 9.05. The van der Waals surface area contributed by atoms with E-state index in [2.05, 4.69) is 0 Å². The van der Waals surface area contributed by atoms with Crippen molar-refractivity contribution in [1.29, 1.82) is 0 Å². The number of carboxylic acids is 1. The van der Waals surface area contributed by atoms with E-state index in [9.17, 15) is 9.18 Å². The predicted molar refractivity (Wildman–Crippen MR) is 59.7 cm³/mol. The number of hydrogen-bond donors (Lipinski definition) is 1. The maximum Gasteiger partial charge on any atom is 0.310 e. The maximum atomic E-state index is 13.1. The van der Waals surface area contributed by atoms with E-state index in [1.54, 1.807) is 0 Å². The highest BCUT2D eigenvalue weighted by Crippen LogP contribution is 2.65. The molecule has 2 unspecified atom stereocenters. The molecule has 0 aromatic heterocycles. The average molecular weight is 284 g/mol. The van der Waals surface area contributed by atoms with Crippen molar-refractivity contribution in [3.05, 3.63) is 34.6 Å². The summed E-state index contributed by atoms with van der Waals surface area (Å²) in [5.74, 6) is -3.19. The first-order chi connectivity index (χ1) is 7.34. The van der Waals surface area contributed by atoms with E-state index in [0.29, 0.717) is 5.56 Å². The van der Waals surface area contributed by atoms with E-state index in [1.807, 2.05) is 0 Å². The molecular formula is C10H6Cl3FO2. The van der Waals surface area contributed by atoms with Crippen molar-refractivity contribution >= 4 is 40.8 Å². The lowest BCUT2D eigenvalue weighted by molar-refractivity contribution is -0.138. The van der Waals surface area contributed by atoms with Crippen LogP contribution in [0.2, 0.25) is 5.02 Å². The van der Waals surface area contributed by atoms with Gasteiger partial charge in [-0.15, -0.1) is 0 Å². The zero-order valence-corrected chi connectivity index (χ0v) is 10.0. The van der Waals surface area contributed by atoms with Gasteiger partial charge in [0, 0.05) is 10.9 Å². The second-order valence-electron chi connectivity index (χ2n) is 3.67. The molecule has 0 radical (unpaired) electrons. The Morgan fingerprint density at radius 1 is 1.38 bits per heavy atom. The van der Waals surface area contributed by atoms with Crippen LogP contribution in [-0.4, -0.2) is 15.4 Å². The third-order valence-corrected chi connectivity index (χ3v) is 3.72. The molecule has 1 saturated carbocycles. The Morgan fingerprint density at radius 2 is 2.00 bits per heavy atom. The fourth-order valence-corrected chi connectivity index (χ4v) is 2.85. The summed E-state index contributed by atoms with van der Waals surface area (Å²) in [6, 6.07) is 3.80. The van der Waals surface area contributed by atoms with Crippen LogP contribution >= 0.6 is 34.8 Å². The van der Waals surface area contributed by atoms with Crippen molar-refractivity contribution in [2.24, 2.45) is 5.92 Å². The minimum Gasteiger partial charge on any atom is -0.481 e. The van der Waals surface area contributed by atoms with Crippen molar-refractivity contribution in [2.45, 2.75) is 10.3 Å². The van der Waals surface area contributed by atoms with Crippen LogP contribution in [0, 0.1) is 11.7 Å². The molecule has 0 spiro atoms. The predicted octanol–water partition coefficient (Wildman–Crippen LogP) is 3.45. The zero-order chi connectivity index (χ0) is 12.1. The van der Waals surface area contributed by atoms with Gasteiger partial charge in [0.2, 0.25) is 0 Å². The van der Waals surface area contributed by atoms with Crippen LogP contribution in [0.3, 0.4) is 0 Å². The summed E-state index contributed by atoms with van der Waals surface area (Å²) < 4.78 is 11.7. The molecule has 0 amide bonds. The Morgan fingerprint density at radius 3 is 2.44 bits per heavy atom. The van der Waals surface area contributed by atoms with Crippen LogP contribution in [-0.2, 0) is 4.79 Å². The fraction of sp³-hybridized carbons (Fsp3) is 0.300. The Labute approximate surface area is 106 Å². The summed E-state index contributed by atoms with van der Waals surface area (Å²) in [7, 11) is 0. The van der Waals surface area contributed by atoms with Gasteiger partial charge in [-0.05, 0) is 23.8 Å². The minimum absolute atomic E-state index is 0.190. The van der Waals surface area contributed by atoms with Crippen LogP contribution in [0.5, 0.6) is 0 Å². The van der Waals surface area contributed by atoms with Crippen molar-refractivity contribution < 1.29 is 14.3 Å². The SMILES string of the molecule is O=C(O)C1C(c2cc(F)cc(Cl)c2)C1(Cl)Cl. The van der Waals surface area contributed by atoms with E-state index in [0.717, 1.165) is 6.07 Å². The van der Waals surface area contributed by atoms with Crippen molar-refractivity contribution in [2.75, 3.05) is 0 Å². The number of alkyl halides is 2. The number of rotatable bonds is 2. The Bertz CT molecular complexity index is 441. The van der Waals surface area contributed by atoms with Gasteiger partial charge in [0.1, 0.15) is 10.2 Å². The Hall–Kier alpha value is -0.510. The molecule has 1 N–H and O–H groups in total. The van der Waals surface area contributed by atoms with Crippen LogP contribution in [0.15, 0.2) is 18.2 Å². The standard InChI is InChI=1S/C10H6Cl3FO2/c11-5-1-4(2-6(14)3-5)7-8(9(15)16)10(7,12)13/h1-3,7-8H,(H,15,16). The van der Waals surface area contributed by atoms with Crippen LogP contribution in [0.25, 0.3) is 0 Å². The summed E-state index contributed by atoms with van der Waals surface area (Å²) >= 11 is 17.3. The number of aliphatic carboxylic acids is 1. The maximum absolute atomic E-state index is 13.1. The van der Waals surface area contributed by atoms with Gasteiger partial charge in [-0.1, -0.05) is 34.8 Å². The molecule has 2 rings (SSSR count). The van der Waals surface area contributed by atoms with Gasteiger partial charge < -0.3 is 5.11 Å². The van der Waals surface area contributed by atoms with Gasteiger partial charge in [0.25, 0.3) is 0 Å². The van der Waals surface area contributed by atoms with Gasteiger partial charge in [0.15, 0.2) is 0 Å². The number of benzene rings is 1. The molecule has 1 aliphatic carbocycles. The van der Waals surface area contributed by atoms with Gasteiger partial charge in [-0.3, -0.25) is 4.79 Å². The third kappa shape index (κ3) is 1.88. The third-order valence-electron chi connectivity index (χ3n) is 2.56. The van der Waals surface area contributed by atoms with Crippen LogP contribution < -0.4 is 0 Å². The first kappa shape index (κ1) is 12.0. The lowest BCUT2D eigenvalue weighted by Gasteiger charge is -2.01. The average Bonchev–Trinajstić information content (AvgIpc) is 2.67. The van der Waals surface area contributed by atoms with Gasteiger partial charge in [0.05, 0.1) is 5.92 Å². The molecule has 0 aliphatic heterocycles. The molecule has 6 heteroatoms. The fourth-order valence-electron chi connectivity index (χ4n) is 1.80. The van der Waals surface area contributed by atoms with Crippen molar-refractivity contribution in [3.8, 4) is 0 Å². The zero-order valence-electron chi connectivity index (χ0n) is 7.75. The van der Waals surface area contributed by atoms with E-state index in [4.69, 9.17) is 39.9 Å². The van der Waals surface area contributed by atoms with Gasteiger partial charge in [-0.25, -0.2) is 4.39 Å². The molecule has 0 heterocycles. The van der Waals surface area contributed by atoms with Crippen molar-refractivity contribution in [3.63, 3.8) is 0 Å². The van der Waals surface area contributed by atoms with E-state index >= 15 is 0 Å².